The molecule has 18 heavy (non-hydrogen) atoms. The number of rotatable bonds is 7. The smallest absolute Gasteiger partial charge is 0.0928 e. The van der Waals surface area contributed by atoms with Crippen molar-refractivity contribution in [2.75, 3.05) is 45.9 Å². The molecule has 106 valence electrons. The minimum Gasteiger partial charge on any atom is -0.392 e. The third-order valence-electron chi connectivity index (χ3n) is 3.67. The van der Waals surface area contributed by atoms with E-state index in [0.717, 1.165) is 52.4 Å². The lowest BCUT2D eigenvalue weighted by molar-refractivity contribution is 0.0559. The van der Waals surface area contributed by atoms with Gasteiger partial charge < -0.3 is 10.5 Å². The zero-order chi connectivity index (χ0) is 13.6. The lowest BCUT2D eigenvalue weighted by atomic mass is 10.0. The maximum absolute atomic E-state index is 5.81. The van der Waals surface area contributed by atoms with Crippen LogP contribution in [0.15, 0.2) is 0 Å². The van der Waals surface area contributed by atoms with Crippen molar-refractivity contribution in [3.8, 4) is 0 Å². The Balaban J connectivity index is 2.26. The zero-order valence-electron chi connectivity index (χ0n) is 11.9. The van der Waals surface area contributed by atoms with Crippen molar-refractivity contribution in [2.24, 2.45) is 5.73 Å². The molecule has 0 saturated carbocycles. The molecule has 1 aliphatic heterocycles. The van der Waals surface area contributed by atoms with Crippen LogP contribution in [0.25, 0.3) is 0 Å². The number of hydrogen-bond donors (Lipinski definition) is 1. The molecule has 0 aromatic carbocycles. The predicted octanol–water partition coefficient (Wildman–Crippen LogP) is 1.10. The van der Waals surface area contributed by atoms with E-state index in [0.29, 0.717) is 4.99 Å². The molecule has 0 spiro atoms. The van der Waals surface area contributed by atoms with Crippen LogP contribution in [0.2, 0.25) is 0 Å². The minimum absolute atomic E-state index is 0.167. The number of ether oxygens (including phenoxy) is 1. The van der Waals surface area contributed by atoms with Crippen molar-refractivity contribution in [1.29, 1.82) is 0 Å². The van der Waals surface area contributed by atoms with Gasteiger partial charge in [-0.2, -0.15) is 0 Å². The Kier molecular flexibility index (Phi) is 6.49. The van der Waals surface area contributed by atoms with Crippen molar-refractivity contribution in [2.45, 2.75) is 32.7 Å². The second-order valence-electron chi connectivity index (χ2n) is 5.36. The molecule has 1 rings (SSSR count). The average molecular weight is 273 g/mol. The summed E-state index contributed by atoms with van der Waals surface area (Å²) in [5.74, 6) is 0. The third-order valence-corrected chi connectivity index (χ3v) is 4.17. The minimum atomic E-state index is -0.167. The second-order valence-corrected chi connectivity index (χ2v) is 5.80. The first kappa shape index (κ1) is 15.8. The molecule has 2 N–H and O–H groups in total. The Morgan fingerprint density at radius 3 is 2.33 bits per heavy atom. The Labute approximate surface area is 116 Å². The fourth-order valence-corrected chi connectivity index (χ4v) is 2.26. The molecule has 0 bridgehead atoms. The molecule has 0 aliphatic carbocycles. The summed E-state index contributed by atoms with van der Waals surface area (Å²) < 4.78 is 5.52. The Morgan fingerprint density at radius 1 is 1.22 bits per heavy atom. The molecule has 0 aromatic rings. The van der Waals surface area contributed by atoms with E-state index in [-0.39, 0.29) is 5.54 Å². The third kappa shape index (κ3) is 4.46. The SMILES string of the molecule is CCCOCCN1CCN(C(C)(C)C(N)=S)CC1. The molecule has 1 aliphatic rings. The van der Waals surface area contributed by atoms with Crippen LogP contribution < -0.4 is 5.73 Å². The lowest BCUT2D eigenvalue weighted by Gasteiger charge is -2.43. The molecule has 1 fully saturated rings. The fourth-order valence-electron chi connectivity index (χ4n) is 2.13. The molecular weight excluding hydrogens is 246 g/mol. The normalized spacial score (nSPS) is 19.1. The number of hydrogen-bond acceptors (Lipinski definition) is 4. The van der Waals surface area contributed by atoms with Gasteiger partial charge in [0.25, 0.3) is 0 Å². The predicted molar refractivity (Wildman–Crippen MR) is 80.0 cm³/mol. The van der Waals surface area contributed by atoms with E-state index < -0.39 is 0 Å². The number of nitrogens with zero attached hydrogens (tertiary/aromatic N) is 2. The van der Waals surface area contributed by atoms with Gasteiger partial charge in [0.1, 0.15) is 0 Å². The lowest BCUT2D eigenvalue weighted by Crippen LogP contribution is -2.59. The van der Waals surface area contributed by atoms with E-state index in [2.05, 4.69) is 30.6 Å². The summed E-state index contributed by atoms with van der Waals surface area (Å²) in [7, 11) is 0. The Morgan fingerprint density at radius 2 is 1.83 bits per heavy atom. The van der Waals surface area contributed by atoms with Crippen LogP contribution in [-0.4, -0.2) is 66.3 Å². The fraction of sp³-hybridized carbons (Fsp3) is 0.923. The van der Waals surface area contributed by atoms with Crippen LogP contribution in [0.5, 0.6) is 0 Å². The molecular formula is C13H27N3OS. The van der Waals surface area contributed by atoms with Crippen LogP contribution >= 0.6 is 12.2 Å². The maximum Gasteiger partial charge on any atom is 0.0928 e. The van der Waals surface area contributed by atoms with Crippen LogP contribution in [0.1, 0.15) is 27.2 Å². The summed E-state index contributed by atoms with van der Waals surface area (Å²) in [6, 6.07) is 0. The summed E-state index contributed by atoms with van der Waals surface area (Å²) in [4.78, 5) is 5.41. The highest BCUT2D eigenvalue weighted by atomic mass is 32.1. The number of nitrogens with two attached hydrogens (primary N) is 1. The largest absolute Gasteiger partial charge is 0.392 e. The topological polar surface area (TPSA) is 41.7 Å². The van der Waals surface area contributed by atoms with Gasteiger partial charge in [-0.3, -0.25) is 9.80 Å². The van der Waals surface area contributed by atoms with Crippen molar-refractivity contribution in [3.63, 3.8) is 0 Å². The van der Waals surface area contributed by atoms with E-state index >= 15 is 0 Å². The zero-order valence-corrected chi connectivity index (χ0v) is 12.8. The molecule has 5 heteroatoms. The van der Waals surface area contributed by atoms with Crippen molar-refractivity contribution < 1.29 is 4.74 Å². The van der Waals surface area contributed by atoms with Crippen molar-refractivity contribution in [3.05, 3.63) is 0 Å². The summed E-state index contributed by atoms with van der Waals surface area (Å²) in [6.07, 6.45) is 1.09. The first-order chi connectivity index (χ1) is 8.48. The molecule has 0 atom stereocenters. The summed E-state index contributed by atoms with van der Waals surface area (Å²) in [5.41, 5.74) is 5.64. The summed E-state index contributed by atoms with van der Waals surface area (Å²) >= 11 is 5.14. The van der Waals surface area contributed by atoms with Gasteiger partial charge in [-0.1, -0.05) is 19.1 Å². The van der Waals surface area contributed by atoms with Gasteiger partial charge in [0, 0.05) is 39.3 Å². The highest BCUT2D eigenvalue weighted by molar-refractivity contribution is 7.80. The van der Waals surface area contributed by atoms with Gasteiger partial charge in [0.15, 0.2) is 0 Å². The van der Waals surface area contributed by atoms with Gasteiger partial charge in [-0.15, -0.1) is 0 Å². The van der Waals surface area contributed by atoms with E-state index in [9.17, 15) is 0 Å². The highest BCUT2D eigenvalue weighted by Gasteiger charge is 2.31. The Bertz CT molecular complexity index is 263. The van der Waals surface area contributed by atoms with Crippen LogP contribution in [0.4, 0.5) is 0 Å². The molecule has 0 radical (unpaired) electrons. The molecule has 1 saturated heterocycles. The number of piperazine rings is 1. The van der Waals surface area contributed by atoms with Gasteiger partial charge in [0.2, 0.25) is 0 Å². The standard InChI is InChI=1S/C13H27N3OS/c1-4-10-17-11-9-15-5-7-16(8-6-15)13(2,3)12(14)18/h4-11H2,1-3H3,(H2,14,18). The van der Waals surface area contributed by atoms with Crippen LogP contribution in [-0.2, 0) is 4.74 Å². The van der Waals surface area contributed by atoms with Crippen LogP contribution in [0.3, 0.4) is 0 Å². The van der Waals surface area contributed by atoms with Crippen molar-refractivity contribution >= 4 is 17.2 Å². The summed E-state index contributed by atoms with van der Waals surface area (Å²) in [5, 5.41) is 0. The molecule has 0 unspecified atom stereocenters. The summed E-state index contributed by atoms with van der Waals surface area (Å²) in [6.45, 7) is 13.3. The Hall–Kier alpha value is -0.230. The van der Waals surface area contributed by atoms with E-state index in [1.165, 1.54) is 0 Å². The first-order valence-electron chi connectivity index (χ1n) is 6.83. The molecule has 0 aromatic heterocycles. The van der Waals surface area contributed by atoms with E-state index in [1.807, 2.05) is 0 Å². The monoisotopic (exact) mass is 273 g/mol. The van der Waals surface area contributed by atoms with Gasteiger partial charge >= 0.3 is 0 Å². The van der Waals surface area contributed by atoms with Crippen molar-refractivity contribution in [1.82, 2.24) is 9.80 Å². The van der Waals surface area contributed by atoms with E-state index in [1.54, 1.807) is 0 Å². The van der Waals surface area contributed by atoms with Gasteiger partial charge in [0.05, 0.1) is 17.1 Å². The number of thiocarbonyl (C=S) groups is 1. The maximum atomic E-state index is 5.81. The van der Waals surface area contributed by atoms with Gasteiger partial charge in [-0.25, -0.2) is 0 Å². The van der Waals surface area contributed by atoms with Gasteiger partial charge in [-0.05, 0) is 20.3 Å². The van der Waals surface area contributed by atoms with Crippen LogP contribution in [0, 0.1) is 0 Å². The second kappa shape index (κ2) is 7.38. The molecule has 4 nitrogen and oxygen atoms in total. The highest BCUT2D eigenvalue weighted by Crippen LogP contribution is 2.17. The average Bonchev–Trinajstić information content (AvgIpc) is 2.35. The quantitative estimate of drug-likeness (QED) is 0.556. The first-order valence-corrected chi connectivity index (χ1v) is 7.24. The van der Waals surface area contributed by atoms with E-state index in [4.69, 9.17) is 22.7 Å². The molecule has 1 heterocycles. The molecule has 0 amide bonds.